The average Bonchev–Trinajstić information content (AvgIpc) is 3.58. The third kappa shape index (κ3) is 6.22. The van der Waals surface area contributed by atoms with E-state index in [4.69, 9.17) is 0 Å². The fourth-order valence-electron chi connectivity index (χ4n) is 4.06. The van der Waals surface area contributed by atoms with Crippen molar-refractivity contribution in [3.05, 3.63) is 54.4 Å². The Morgan fingerprint density at radius 2 is 1.83 bits per heavy atom. The monoisotopic (exact) mass is 492 g/mol. The molecule has 0 saturated heterocycles. The van der Waals surface area contributed by atoms with Gasteiger partial charge >= 0.3 is 0 Å². The fraction of sp³-hybridized carbons (Fsp3) is 0.385. The minimum Gasteiger partial charge on any atom is -0.369 e. The summed E-state index contributed by atoms with van der Waals surface area (Å²) in [7, 11) is 0. The van der Waals surface area contributed by atoms with Gasteiger partial charge in [-0.1, -0.05) is 17.8 Å². The highest BCUT2D eigenvalue weighted by molar-refractivity contribution is 7.99. The lowest BCUT2D eigenvalue weighted by Crippen LogP contribution is -2.30. The van der Waals surface area contributed by atoms with Crippen LogP contribution in [0.3, 0.4) is 0 Å². The van der Waals surface area contributed by atoms with Crippen LogP contribution in [0.5, 0.6) is 0 Å². The topological polar surface area (TPSA) is 92.2 Å². The van der Waals surface area contributed by atoms with E-state index in [0.29, 0.717) is 22.8 Å². The number of carbonyl (C=O) groups is 2. The summed E-state index contributed by atoms with van der Waals surface area (Å²) in [6.07, 6.45) is 2.16. The number of aromatic nitrogens is 3. The van der Waals surface area contributed by atoms with Gasteiger partial charge in [0.05, 0.1) is 11.4 Å². The number of hydrogen-bond donors (Lipinski definition) is 2. The average molecular weight is 493 g/mol. The van der Waals surface area contributed by atoms with Crippen LogP contribution in [0, 0.1) is 0 Å². The summed E-state index contributed by atoms with van der Waals surface area (Å²) in [6.45, 7) is 8.88. The molecular weight excluding hydrogens is 460 g/mol. The molecule has 1 saturated carbocycles. The Labute approximate surface area is 210 Å². The van der Waals surface area contributed by atoms with Crippen molar-refractivity contribution in [1.29, 1.82) is 0 Å². The lowest BCUT2D eigenvalue weighted by Gasteiger charge is -2.27. The van der Waals surface area contributed by atoms with Crippen LogP contribution < -0.4 is 15.5 Å². The van der Waals surface area contributed by atoms with Crippen LogP contribution in [-0.2, 0) is 9.59 Å². The second-order valence-electron chi connectivity index (χ2n) is 8.95. The van der Waals surface area contributed by atoms with E-state index in [0.717, 1.165) is 42.3 Å². The summed E-state index contributed by atoms with van der Waals surface area (Å²) < 4.78 is 2.00. The first-order chi connectivity index (χ1) is 16.9. The summed E-state index contributed by atoms with van der Waals surface area (Å²) >= 11 is 1.35. The van der Waals surface area contributed by atoms with E-state index in [9.17, 15) is 9.59 Å². The van der Waals surface area contributed by atoms with Gasteiger partial charge < -0.3 is 15.5 Å². The summed E-state index contributed by atoms with van der Waals surface area (Å²) in [4.78, 5) is 26.5. The van der Waals surface area contributed by atoms with Crippen LogP contribution in [0.2, 0.25) is 0 Å². The van der Waals surface area contributed by atoms with Crippen LogP contribution in [0.15, 0.2) is 53.7 Å². The van der Waals surface area contributed by atoms with Crippen molar-refractivity contribution < 1.29 is 9.59 Å². The third-order valence-corrected chi connectivity index (χ3v) is 6.73. The van der Waals surface area contributed by atoms with Crippen LogP contribution in [-0.4, -0.2) is 44.9 Å². The maximum absolute atomic E-state index is 12.7. The van der Waals surface area contributed by atoms with Crippen molar-refractivity contribution in [2.45, 2.75) is 57.7 Å². The predicted molar refractivity (Wildman–Crippen MR) is 142 cm³/mol. The van der Waals surface area contributed by atoms with Crippen molar-refractivity contribution in [3.63, 3.8) is 0 Å². The van der Waals surface area contributed by atoms with E-state index in [1.807, 2.05) is 53.1 Å². The van der Waals surface area contributed by atoms with Gasteiger partial charge in [0, 0.05) is 42.5 Å². The highest BCUT2D eigenvalue weighted by atomic mass is 32.2. The van der Waals surface area contributed by atoms with Gasteiger partial charge in [-0.25, -0.2) is 0 Å². The van der Waals surface area contributed by atoms with E-state index < -0.39 is 0 Å². The first-order valence-corrected chi connectivity index (χ1v) is 13.0. The van der Waals surface area contributed by atoms with Gasteiger partial charge in [0.1, 0.15) is 5.82 Å². The van der Waals surface area contributed by atoms with E-state index in [1.54, 1.807) is 0 Å². The van der Waals surface area contributed by atoms with Crippen LogP contribution in [0.25, 0.3) is 5.69 Å². The molecule has 8 nitrogen and oxygen atoms in total. The molecule has 4 rings (SSSR count). The summed E-state index contributed by atoms with van der Waals surface area (Å²) in [6, 6.07) is 15.9. The maximum Gasteiger partial charge on any atom is 0.234 e. The van der Waals surface area contributed by atoms with Crippen molar-refractivity contribution in [3.8, 4) is 5.69 Å². The predicted octanol–water partition coefficient (Wildman–Crippen LogP) is 5.07. The van der Waals surface area contributed by atoms with Gasteiger partial charge in [0.2, 0.25) is 11.8 Å². The van der Waals surface area contributed by atoms with Gasteiger partial charge in [-0.2, -0.15) is 0 Å². The van der Waals surface area contributed by atoms with Crippen molar-refractivity contribution in [2.75, 3.05) is 27.8 Å². The quantitative estimate of drug-likeness (QED) is 0.384. The smallest absolute Gasteiger partial charge is 0.234 e. The van der Waals surface area contributed by atoms with Gasteiger partial charge in [0.25, 0.3) is 0 Å². The first-order valence-electron chi connectivity index (χ1n) is 12.0. The van der Waals surface area contributed by atoms with Crippen molar-refractivity contribution >= 4 is 40.6 Å². The zero-order valence-corrected chi connectivity index (χ0v) is 21.4. The molecular formula is C26H32N6O2S. The number of amides is 2. The lowest BCUT2D eigenvalue weighted by atomic mass is 10.2. The van der Waals surface area contributed by atoms with Crippen molar-refractivity contribution in [2.24, 2.45) is 0 Å². The molecule has 184 valence electrons. The van der Waals surface area contributed by atoms with E-state index in [-0.39, 0.29) is 17.6 Å². The molecule has 0 bridgehead atoms. The van der Waals surface area contributed by atoms with Crippen LogP contribution in [0.1, 0.15) is 52.3 Å². The van der Waals surface area contributed by atoms with Crippen molar-refractivity contribution in [1.82, 2.24) is 14.8 Å². The van der Waals surface area contributed by atoms with E-state index in [2.05, 4.69) is 46.5 Å². The molecule has 9 heteroatoms. The molecule has 2 amide bonds. The highest BCUT2D eigenvalue weighted by Crippen LogP contribution is 2.41. The maximum atomic E-state index is 12.7. The second-order valence-corrected chi connectivity index (χ2v) is 9.89. The van der Waals surface area contributed by atoms with Crippen LogP contribution in [0.4, 0.5) is 17.1 Å². The molecule has 1 aliphatic carbocycles. The molecule has 2 aromatic carbocycles. The number of rotatable bonds is 10. The third-order valence-electron chi connectivity index (χ3n) is 5.80. The number of nitrogens with zero attached hydrogens (tertiary/aromatic N) is 4. The largest absolute Gasteiger partial charge is 0.369 e. The molecule has 35 heavy (non-hydrogen) atoms. The minimum atomic E-state index is -0.126. The molecule has 0 unspecified atom stereocenters. The zero-order chi connectivity index (χ0) is 24.9. The Morgan fingerprint density at radius 3 is 2.46 bits per heavy atom. The molecule has 2 N–H and O–H groups in total. The Kier molecular flexibility index (Phi) is 7.75. The molecule has 0 atom stereocenters. The standard InChI is InChI=1S/C26H32N6O2S/c1-5-31(17(2)3)22-13-11-20(12-14-22)28-24(34)16-35-26-30-29-25(19-9-10-19)32(26)23-8-6-7-21(15-23)27-18(4)33/h6-8,11-15,17,19H,5,9-10,16H2,1-4H3,(H,27,33)(H,28,34). The lowest BCUT2D eigenvalue weighted by molar-refractivity contribution is -0.114. The molecule has 1 heterocycles. The number of carbonyl (C=O) groups excluding carboxylic acids is 2. The van der Waals surface area contributed by atoms with E-state index in [1.165, 1.54) is 18.7 Å². The number of anilines is 3. The first kappa shape index (κ1) is 24.8. The molecule has 1 aromatic heterocycles. The molecule has 1 fully saturated rings. The molecule has 1 aliphatic rings. The molecule has 0 aliphatic heterocycles. The Balaban J connectivity index is 1.45. The Bertz CT molecular complexity index is 1190. The number of hydrogen-bond acceptors (Lipinski definition) is 6. The van der Waals surface area contributed by atoms with E-state index >= 15 is 0 Å². The molecule has 3 aromatic rings. The normalized spacial score (nSPS) is 13.1. The zero-order valence-electron chi connectivity index (χ0n) is 20.6. The van der Waals surface area contributed by atoms with Gasteiger partial charge in [-0.3, -0.25) is 14.2 Å². The Morgan fingerprint density at radius 1 is 1.09 bits per heavy atom. The summed E-state index contributed by atoms with van der Waals surface area (Å²) in [5.41, 5.74) is 3.48. The van der Waals surface area contributed by atoms with Gasteiger partial charge in [0.15, 0.2) is 5.16 Å². The van der Waals surface area contributed by atoms with Gasteiger partial charge in [-0.15, -0.1) is 10.2 Å². The summed E-state index contributed by atoms with van der Waals surface area (Å²) in [5.74, 6) is 1.26. The minimum absolute atomic E-state index is 0.103. The highest BCUT2D eigenvalue weighted by Gasteiger charge is 2.31. The second kappa shape index (κ2) is 10.9. The number of nitrogens with one attached hydrogen (secondary N) is 2. The number of benzene rings is 2. The Hall–Kier alpha value is -3.33. The summed E-state index contributed by atoms with van der Waals surface area (Å²) in [5, 5.41) is 15.3. The molecule has 0 spiro atoms. The van der Waals surface area contributed by atoms with Gasteiger partial charge in [-0.05, 0) is 76.1 Å². The molecule has 0 radical (unpaired) electrons. The SMILES string of the molecule is CCN(c1ccc(NC(=O)CSc2nnc(C3CC3)n2-c2cccc(NC(C)=O)c2)cc1)C(C)C. The number of thioether (sulfide) groups is 1. The fourth-order valence-corrected chi connectivity index (χ4v) is 4.82. The van der Waals surface area contributed by atoms with Crippen LogP contribution >= 0.6 is 11.8 Å².